The van der Waals surface area contributed by atoms with Crippen molar-refractivity contribution in [1.29, 1.82) is 0 Å². The first-order valence-electron chi connectivity index (χ1n) is 9.02. The van der Waals surface area contributed by atoms with E-state index in [0.717, 1.165) is 17.4 Å². The van der Waals surface area contributed by atoms with Crippen molar-refractivity contribution in [3.05, 3.63) is 65.2 Å². The third-order valence-corrected chi connectivity index (χ3v) is 7.19. The molecule has 9 nitrogen and oxygen atoms in total. The number of hydroxylamine groups is 1. The number of hydrogen-bond acceptors (Lipinski definition) is 7. The van der Waals surface area contributed by atoms with E-state index in [9.17, 15) is 18.0 Å². The monoisotopic (exact) mass is 431 g/mol. The van der Waals surface area contributed by atoms with Gasteiger partial charge in [-0.3, -0.25) is 14.8 Å². The van der Waals surface area contributed by atoms with E-state index in [-0.39, 0.29) is 18.5 Å². The molecule has 10 heteroatoms. The Morgan fingerprint density at radius 3 is 2.37 bits per heavy atom. The van der Waals surface area contributed by atoms with Crippen LogP contribution >= 0.6 is 0 Å². The Kier molecular flexibility index (Phi) is 5.90. The smallest absolute Gasteiger partial charge is 0.264 e. The molecule has 0 spiro atoms. The number of carbonyl (C=O) groups is 1. The number of benzene rings is 1. The average Bonchev–Trinajstić information content (AvgIpc) is 3.26. The van der Waals surface area contributed by atoms with Crippen LogP contribution in [0.2, 0.25) is 0 Å². The zero-order valence-corrected chi connectivity index (χ0v) is 17.2. The summed E-state index contributed by atoms with van der Waals surface area (Å²) in [7, 11) is -3.83. The zero-order valence-electron chi connectivity index (χ0n) is 16.4. The van der Waals surface area contributed by atoms with Crippen LogP contribution in [0.5, 0.6) is 0 Å². The number of aromatic nitrogens is 2. The summed E-state index contributed by atoms with van der Waals surface area (Å²) in [6.45, 7) is 1.20. The Labute approximate surface area is 172 Å². The van der Waals surface area contributed by atoms with Crippen LogP contribution in [0.15, 0.2) is 64.2 Å². The summed E-state index contributed by atoms with van der Waals surface area (Å²) in [6.07, 6.45) is 3.84. The van der Waals surface area contributed by atoms with Crippen molar-refractivity contribution in [3.63, 3.8) is 0 Å². The summed E-state index contributed by atoms with van der Waals surface area (Å²) >= 11 is 0. The maximum Gasteiger partial charge on any atom is 0.264 e. The highest BCUT2D eigenvalue weighted by Gasteiger charge is 2.43. The lowest BCUT2D eigenvalue weighted by atomic mass is 10.0. The number of rotatable bonds is 7. The first kappa shape index (κ1) is 21.5. The highest BCUT2D eigenvalue weighted by atomic mass is 32.2. The molecule has 1 atom stereocenters. The van der Waals surface area contributed by atoms with Gasteiger partial charge >= 0.3 is 0 Å². The fourth-order valence-corrected chi connectivity index (χ4v) is 3.83. The Morgan fingerprint density at radius 1 is 1.17 bits per heavy atom. The van der Waals surface area contributed by atoms with Gasteiger partial charge in [-0.1, -0.05) is 29.4 Å². The first-order valence-corrected chi connectivity index (χ1v) is 10.9. The number of aryl methyl sites for hydroxylation is 1. The fraction of sp³-hybridized carbons (Fsp3) is 0.250. The summed E-state index contributed by atoms with van der Waals surface area (Å²) in [5.74, 6) is -0.403. The van der Waals surface area contributed by atoms with Crippen molar-refractivity contribution in [2.45, 2.75) is 24.6 Å². The van der Waals surface area contributed by atoms with Crippen LogP contribution in [-0.4, -0.2) is 40.3 Å². The minimum Gasteiger partial charge on any atom is -0.356 e. The van der Waals surface area contributed by atoms with Crippen molar-refractivity contribution in [1.82, 2.24) is 15.2 Å². The van der Waals surface area contributed by atoms with Gasteiger partial charge in [0.1, 0.15) is 0 Å². The lowest BCUT2D eigenvalue weighted by molar-refractivity contribution is -0.131. The topological polar surface area (TPSA) is 132 Å². The lowest BCUT2D eigenvalue weighted by Crippen LogP contribution is -2.49. The van der Waals surface area contributed by atoms with Crippen LogP contribution in [0.25, 0.3) is 22.5 Å². The largest absolute Gasteiger partial charge is 0.356 e. The van der Waals surface area contributed by atoms with Gasteiger partial charge in [0.2, 0.25) is 0 Å². The van der Waals surface area contributed by atoms with Gasteiger partial charge in [0, 0.05) is 36.7 Å². The van der Waals surface area contributed by atoms with E-state index in [4.69, 9.17) is 9.73 Å². The van der Waals surface area contributed by atoms with Crippen molar-refractivity contribution < 1.29 is 22.9 Å². The number of amides is 1. The van der Waals surface area contributed by atoms with Crippen LogP contribution in [0.4, 0.5) is 0 Å². The Morgan fingerprint density at radius 2 is 1.83 bits per heavy atom. The van der Waals surface area contributed by atoms with E-state index < -0.39 is 20.5 Å². The molecule has 0 radical (unpaired) electrons. The summed E-state index contributed by atoms with van der Waals surface area (Å²) in [4.78, 5) is 24.4. The molecule has 0 aliphatic heterocycles. The molecule has 158 valence electrons. The average molecular weight is 431 g/mol. The molecule has 3 rings (SSSR count). The molecule has 3 aromatic rings. The molecule has 0 saturated heterocycles. The van der Waals surface area contributed by atoms with Crippen molar-refractivity contribution in [2.75, 3.05) is 6.26 Å². The third-order valence-electron chi connectivity index (χ3n) is 5.17. The Hall–Kier alpha value is -3.24. The van der Waals surface area contributed by atoms with Gasteiger partial charge < -0.3 is 9.09 Å². The Balaban J connectivity index is 1.80. The molecule has 2 aromatic heterocycles. The number of carbonyl (C=O) groups excluding carboxylic acids is 1. The van der Waals surface area contributed by atoms with Gasteiger partial charge in [0.15, 0.2) is 20.3 Å². The van der Waals surface area contributed by atoms with Gasteiger partial charge in [-0.05, 0) is 30.5 Å². The molecule has 0 saturated carbocycles. The molecular weight excluding hydrogens is 410 g/mol. The molecule has 1 aromatic carbocycles. The second-order valence-corrected chi connectivity index (χ2v) is 9.54. The van der Waals surface area contributed by atoms with E-state index in [1.807, 2.05) is 24.3 Å². The predicted octanol–water partition coefficient (Wildman–Crippen LogP) is 1.87. The van der Waals surface area contributed by atoms with E-state index in [1.165, 1.54) is 23.0 Å². The van der Waals surface area contributed by atoms with Crippen LogP contribution in [0.1, 0.15) is 13.3 Å². The number of hydrogen-bond donors (Lipinski definition) is 2. The van der Waals surface area contributed by atoms with Crippen molar-refractivity contribution >= 4 is 15.7 Å². The quantitative estimate of drug-likeness (QED) is 0.431. The van der Waals surface area contributed by atoms with Crippen LogP contribution in [0, 0.1) is 0 Å². The van der Waals surface area contributed by atoms with Crippen LogP contribution in [-0.2, 0) is 21.2 Å². The summed E-state index contributed by atoms with van der Waals surface area (Å²) in [6, 6.07) is 12.3. The normalized spacial score (nSPS) is 13.6. The standard InChI is InChI=1S/C20H21N3O6S/c1-20(19(25)22-26,30(2,27)28)9-12-23-11-8-16(13-18(23)24)14-3-5-15(6-4-14)17-7-10-21-29-17/h3-8,10-11,13,26H,9,12H2,1-2H3,(H,22,25). The maximum absolute atomic E-state index is 12.5. The Bertz CT molecular complexity index is 1200. The summed E-state index contributed by atoms with van der Waals surface area (Å²) in [5, 5.41) is 12.6. The van der Waals surface area contributed by atoms with Gasteiger partial charge in [0.25, 0.3) is 11.5 Å². The van der Waals surface area contributed by atoms with Gasteiger partial charge in [-0.2, -0.15) is 0 Å². The van der Waals surface area contributed by atoms with Crippen LogP contribution < -0.4 is 11.0 Å². The number of nitrogens with zero attached hydrogens (tertiary/aromatic N) is 2. The second kappa shape index (κ2) is 8.25. The van der Waals surface area contributed by atoms with Gasteiger partial charge in [-0.15, -0.1) is 0 Å². The second-order valence-electron chi connectivity index (χ2n) is 7.10. The van der Waals surface area contributed by atoms with E-state index in [0.29, 0.717) is 11.3 Å². The van der Waals surface area contributed by atoms with Crippen molar-refractivity contribution in [3.8, 4) is 22.5 Å². The first-order chi connectivity index (χ1) is 14.2. The van der Waals surface area contributed by atoms with Crippen molar-refractivity contribution in [2.24, 2.45) is 0 Å². The molecule has 0 fully saturated rings. The molecule has 2 N–H and O–H groups in total. The summed E-state index contributed by atoms with van der Waals surface area (Å²) < 4.78 is 28.7. The summed E-state index contributed by atoms with van der Waals surface area (Å²) in [5.41, 5.74) is 3.42. The minimum atomic E-state index is -3.83. The van der Waals surface area contributed by atoms with E-state index >= 15 is 0 Å². The lowest BCUT2D eigenvalue weighted by Gasteiger charge is -2.25. The highest BCUT2D eigenvalue weighted by Crippen LogP contribution is 2.25. The molecular formula is C20H21N3O6S. The van der Waals surface area contributed by atoms with E-state index in [2.05, 4.69) is 5.16 Å². The third kappa shape index (κ3) is 4.19. The molecule has 30 heavy (non-hydrogen) atoms. The van der Waals surface area contributed by atoms with Crippen LogP contribution in [0.3, 0.4) is 0 Å². The number of sulfone groups is 1. The fourth-order valence-electron chi connectivity index (χ4n) is 2.98. The maximum atomic E-state index is 12.5. The molecule has 0 bridgehead atoms. The number of pyridine rings is 1. The number of nitrogens with one attached hydrogen (secondary N) is 1. The molecule has 0 aliphatic rings. The molecule has 0 aliphatic carbocycles. The van der Waals surface area contributed by atoms with Gasteiger partial charge in [0.05, 0.1) is 6.20 Å². The minimum absolute atomic E-state index is 0.0134. The zero-order chi connectivity index (χ0) is 21.9. The van der Waals surface area contributed by atoms with E-state index in [1.54, 1.807) is 24.5 Å². The van der Waals surface area contributed by atoms with Gasteiger partial charge in [-0.25, -0.2) is 13.9 Å². The molecule has 1 amide bonds. The SMILES string of the molecule is CC(CCn1ccc(-c2ccc(-c3ccno3)cc2)cc1=O)(C(=O)NO)S(C)(=O)=O. The predicted molar refractivity (Wildman–Crippen MR) is 109 cm³/mol. The highest BCUT2D eigenvalue weighted by molar-refractivity contribution is 7.92. The molecule has 2 heterocycles. The molecule has 1 unspecified atom stereocenters.